The molecule has 124 valence electrons. The summed E-state index contributed by atoms with van der Waals surface area (Å²) in [6.07, 6.45) is 3.50. The summed E-state index contributed by atoms with van der Waals surface area (Å²) in [5, 5.41) is 8.23. The van der Waals surface area contributed by atoms with Crippen molar-refractivity contribution in [2.24, 2.45) is 5.14 Å². The lowest BCUT2D eigenvalue weighted by molar-refractivity contribution is 0.598. The molecule has 0 atom stereocenters. The number of nitrogens with two attached hydrogens (primary N) is 1. The van der Waals surface area contributed by atoms with Crippen LogP contribution >= 0.6 is 0 Å². The number of pyridine rings is 1. The lowest BCUT2D eigenvalue weighted by Crippen LogP contribution is -2.11. The van der Waals surface area contributed by atoms with E-state index >= 15 is 0 Å². The molecule has 1 heterocycles. The molecule has 0 aliphatic heterocycles. The molecule has 0 amide bonds. The Kier molecular flexibility index (Phi) is 6.48. The number of benzene rings is 2. The fourth-order valence-corrected chi connectivity index (χ4v) is 2.39. The number of primary sulfonamides is 1. The summed E-state index contributed by atoms with van der Waals surface area (Å²) >= 11 is 0. The summed E-state index contributed by atoms with van der Waals surface area (Å²) in [6.45, 7) is 0.690. The van der Waals surface area contributed by atoms with Gasteiger partial charge in [-0.1, -0.05) is 36.4 Å². The average molecular weight is 341 g/mol. The normalized spacial score (nSPS) is 10.4. The predicted molar refractivity (Wildman–Crippen MR) is 95.8 cm³/mol. The summed E-state index contributed by atoms with van der Waals surface area (Å²) in [5.74, 6) is 0. The molecule has 2 aromatic carbocycles. The quantitative estimate of drug-likeness (QED) is 0.764. The van der Waals surface area contributed by atoms with Gasteiger partial charge in [0.15, 0.2) is 0 Å². The van der Waals surface area contributed by atoms with Crippen molar-refractivity contribution in [3.63, 3.8) is 0 Å². The van der Waals surface area contributed by atoms with Crippen LogP contribution in [0.2, 0.25) is 0 Å². The van der Waals surface area contributed by atoms with Crippen molar-refractivity contribution in [1.82, 2.24) is 4.98 Å². The van der Waals surface area contributed by atoms with E-state index in [0.29, 0.717) is 6.54 Å². The maximum Gasteiger partial charge on any atom is 0.238 e. The van der Waals surface area contributed by atoms with Crippen LogP contribution in [0.3, 0.4) is 0 Å². The SMILES string of the molecule is NS(=O)(=O)c1ccc(NCc2ccccc2)cc1.c1ccncc1. The highest BCUT2D eigenvalue weighted by atomic mass is 32.2. The molecule has 3 rings (SSSR count). The van der Waals surface area contributed by atoms with E-state index < -0.39 is 10.0 Å². The van der Waals surface area contributed by atoms with Crippen molar-refractivity contribution < 1.29 is 8.42 Å². The van der Waals surface area contributed by atoms with Crippen LogP contribution in [0.1, 0.15) is 5.56 Å². The molecule has 0 spiro atoms. The summed E-state index contributed by atoms with van der Waals surface area (Å²) in [4.78, 5) is 3.90. The number of rotatable bonds is 4. The smallest absolute Gasteiger partial charge is 0.238 e. The van der Waals surface area contributed by atoms with E-state index in [4.69, 9.17) is 5.14 Å². The lowest BCUT2D eigenvalue weighted by atomic mass is 10.2. The van der Waals surface area contributed by atoms with Crippen LogP contribution in [0.4, 0.5) is 5.69 Å². The zero-order valence-corrected chi connectivity index (χ0v) is 13.9. The van der Waals surface area contributed by atoms with Gasteiger partial charge >= 0.3 is 0 Å². The highest BCUT2D eigenvalue weighted by molar-refractivity contribution is 7.89. The summed E-state index contributed by atoms with van der Waals surface area (Å²) < 4.78 is 22.2. The molecule has 3 N–H and O–H groups in total. The Morgan fingerprint density at radius 2 is 1.42 bits per heavy atom. The van der Waals surface area contributed by atoms with Crippen molar-refractivity contribution in [1.29, 1.82) is 0 Å². The first kappa shape index (κ1) is 17.7. The van der Waals surface area contributed by atoms with Crippen LogP contribution in [0, 0.1) is 0 Å². The minimum absolute atomic E-state index is 0.118. The Hall–Kier alpha value is -2.70. The minimum Gasteiger partial charge on any atom is -0.381 e. The first-order valence-electron chi connectivity index (χ1n) is 7.31. The van der Waals surface area contributed by atoms with E-state index in [-0.39, 0.29) is 4.90 Å². The number of hydrogen-bond donors (Lipinski definition) is 2. The first-order chi connectivity index (χ1) is 11.6. The average Bonchev–Trinajstić information content (AvgIpc) is 2.62. The van der Waals surface area contributed by atoms with E-state index in [1.807, 2.05) is 48.5 Å². The molecule has 5 nitrogen and oxygen atoms in total. The standard InChI is InChI=1S/C13H14N2O2S.C5H5N/c14-18(16,17)13-8-6-12(7-9-13)15-10-11-4-2-1-3-5-11;1-2-4-6-5-3-1/h1-9,15H,10H2,(H2,14,16,17);1-5H. The zero-order chi connectivity index (χ0) is 17.3. The molecule has 6 heteroatoms. The van der Waals surface area contributed by atoms with Crippen molar-refractivity contribution in [3.05, 3.63) is 90.8 Å². The highest BCUT2D eigenvalue weighted by Crippen LogP contribution is 2.13. The van der Waals surface area contributed by atoms with E-state index in [2.05, 4.69) is 10.3 Å². The highest BCUT2D eigenvalue weighted by Gasteiger charge is 2.06. The predicted octanol–water partition coefficient (Wildman–Crippen LogP) is 3.03. The maximum absolute atomic E-state index is 11.1. The van der Waals surface area contributed by atoms with Crippen LogP contribution in [0.15, 0.2) is 90.1 Å². The molecule has 3 aromatic rings. The summed E-state index contributed by atoms with van der Waals surface area (Å²) in [5.41, 5.74) is 2.01. The second-order valence-corrected chi connectivity index (χ2v) is 6.49. The second-order valence-electron chi connectivity index (χ2n) is 4.93. The molecular weight excluding hydrogens is 322 g/mol. The van der Waals surface area contributed by atoms with E-state index in [1.165, 1.54) is 12.1 Å². The molecule has 0 radical (unpaired) electrons. The molecule has 0 fully saturated rings. The molecule has 0 saturated carbocycles. The Morgan fingerprint density at radius 1 is 0.833 bits per heavy atom. The van der Waals surface area contributed by atoms with Crippen LogP contribution in [-0.4, -0.2) is 13.4 Å². The fourth-order valence-electron chi connectivity index (χ4n) is 1.88. The second kappa shape index (κ2) is 8.81. The molecule has 0 aliphatic carbocycles. The largest absolute Gasteiger partial charge is 0.381 e. The Morgan fingerprint density at radius 3 is 1.88 bits per heavy atom. The van der Waals surface area contributed by atoms with E-state index in [9.17, 15) is 8.42 Å². The van der Waals surface area contributed by atoms with Crippen molar-refractivity contribution >= 4 is 15.7 Å². The molecular formula is C18H19N3O2S. The number of nitrogens with one attached hydrogen (secondary N) is 1. The monoisotopic (exact) mass is 341 g/mol. The number of nitrogens with zero attached hydrogens (tertiary/aromatic N) is 1. The minimum atomic E-state index is -3.61. The molecule has 0 bridgehead atoms. The topological polar surface area (TPSA) is 85.1 Å². The van der Waals surface area contributed by atoms with E-state index in [1.54, 1.807) is 24.5 Å². The van der Waals surface area contributed by atoms with Gasteiger partial charge in [0.05, 0.1) is 4.90 Å². The number of aromatic nitrogens is 1. The van der Waals surface area contributed by atoms with Gasteiger partial charge in [-0.3, -0.25) is 4.98 Å². The maximum atomic E-state index is 11.1. The molecule has 0 aliphatic rings. The van der Waals surface area contributed by atoms with Gasteiger partial charge < -0.3 is 5.32 Å². The third-order valence-corrected chi connectivity index (χ3v) is 4.02. The lowest BCUT2D eigenvalue weighted by Gasteiger charge is -2.07. The Bertz CT molecular complexity index is 794. The van der Waals surface area contributed by atoms with Gasteiger partial charge in [-0.2, -0.15) is 0 Å². The Labute approximate surface area is 142 Å². The zero-order valence-electron chi connectivity index (χ0n) is 13.0. The first-order valence-corrected chi connectivity index (χ1v) is 8.86. The van der Waals surface area contributed by atoms with Gasteiger partial charge in [-0.15, -0.1) is 0 Å². The number of sulfonamides is 1. The molecule has 0 saturated heterocycles. The van der Waals surface area contributed by atoms with Crippen LogP contribution in [0.5, 0.6) is 0 Å². The third kappa shape index (κ3) is 6.20. The molecule has 0 unspecified atom stereocenters. The summed E-state index contributed by atoms with van der Waals surface area (Å²) in [7, 11) is -3.61. The number of anilines is 1. The van der Waals surface area contributed by atoms with Crippen molar-refractivity contribution in [2.75, 3.05) is 5.32 Å². The van der Waals surface area contributed by atoms with Crippen molar-refractivity contribution in [2.45, 2.75) is 11.4 Å². The van der Waals surface area contributed by atoms with Gasteiger partial charge in [0.1, 0.15) is 0 Å². The third-order valence-electron chi connectivity index (χ3n) is 3.09. The van der Waals surface area contributed by atoms with Crippen LogP contribution < -0.4 is 10.5 Å². The van der Waals surface area contributed by atoms with Crippen molar-refractivity contribution in [3.8, 4) is 0 Å². The van der Waals surface area contributed by atoms with Crippen LogP contribution in [0.25, 0.3) is 0 Å². The molecule has 24 heavy (non-hydrogen) atoms. The summed E-state index contributed by atoms with van der Waals surface area (Å²) in [6, 6.07) is 22.0. The van der Waals surface area contributed by atoms with Gasteiger partial charge in [-0.25, -0.2) is 13.6 Å². The number of hydrogen-bond acceptors (Lipinski definition) is 4. The fraction of sp³-hybridized carbons (Fsp3) is 0.0556. The van der Waals surface area contributed by atoms with Gasteiger partial charge in [0, 0.05) is 24.6 Å². The van der Waals surface area contributed by atoms with Crippen LogP contribution in [-0.2, 0) is 16.6 Å². The van der Waals surface area contributed by atoms with Gasteiger partial charge in [0.2, 0.25) is 10.0 Å². The van der Waals surface area contributed by atoms with E-state index in [0.717, 1.165) is 11.3 Å². The molecule has 1 aromatic heterocycles. The van der Waals surface area contributed by atoms with Gasteiger partial charge in [0.25, 0.3) is 0 Å². The Balaban J connectivity index is 0.000000292. The van der Waals surface area contributed by atoms with Gasteiger partial charge in [-0.05, 0) is 42.0 Å².